The Labute approximate surface area is 80.6 Å². The van der Waals surface area contributed by atoms with Gasteiger partial charge in [0.15, 0.2) is 0 Å². The Bertz CT molecular complexity index is 263. The van der Waals surface area contributed by atoms with E-state index in [1.165, 1.54) is 24.3 Å². The lowest BCUT2D eigenvalue weighted by Gasteiger charge is -2.15. The SMILES string of the molecule is OC(CCl)C(O)c1ccc(F)cc1. The molecule has 72 valence electrons. The van der Waals surface area contributed by atoms with Crippen molar-refractivity contribution in [2.24, 2.45) is 0 Å². The fourth-order valence-corrected chi connectivity index (χ4v) is 1.14. The minimum atomic E-state index is -1.06. The Balaban J connectivity index is 2.77. The van der Waals surface area contributed by atoms with Gasteiger partial charge in [-0.15, -0.1) is 11.6 Å². The first-order valence-corrected chi connectivity index (χ1v) is 4.36. The number of halogens is 2. The first kappa shape index (κ1) is 10.4. The van der Waals surface area contributed by atoms with Crippen molar-refractivity contribution in [2.75, 3.05) is 5.88 Å². The first-order chi connectivity index (χ1) is 6.15. The second-order valence-electron chi connectivity index (χ2n) is 2.72. The van der Waals surface area contributed by atoms with Gasteiger partial charge in [0.2, 0.25) is 0 Å². The molecular formula is C9H10ClFO2. The smallest absolute Gasteiger partial charge is 0.123 e. The van der Waals surface area contributed by atoms with Gasteiger partial charge >= 0.3 is 0 Å². The summed E-state index contributed by atoms with van der Waals surface area (Å²) in [4.78, 5) is 0. The summed E-state index contributed by atoms with van der Waals surface area (Å²) >= 11 is 5.34. The molecule has 1 aromatic rings. The number of hydrogen-bond acceptors (Lipinski definition) is 2. The highest BCUT2D eigenvalue weighted by Gasteiger charge is 2.16. The number of aliphatic hydroxyl groups is 2. The normalized spacial score (nSPS) is 15.4. The third kappa shape index (κ3) is 2.66. The summed E-state index contributed by atoms with van der Waals surface area (Å²) in [5, 5.41) is 18.6. The van der Waals surface area contributed by atoms with Crippen molar-refractivity contribution in [3.63, 3.8) is 0 Å². The zero-order valence-electron chi connectivity index (χ0n) is 6.82. The molecule has 0 aliphatic heterocycles. The maximum Gasteiger partial charge on any atom is 0.123 e. The molecule has 2 nitrogen and oxygen atoms in total. The monoisotopic (exact) mass is 204 g/mol. The second kappa shape index (κ2) is 4.56. The van der Waals surface area contributed by atoms with Crippen LogP contribution in [0, 0.1) is 5.82 Å². The van der Waals surface area contributed by atoms with E-state index in [1.807, 2.05) is 0 Å². The third-order valence-corrected chi connectivity index (χ3v) is 2.05. The van der Waals surface area contributed by atoms with Crippen LogP contribution in [-0.4, -0.2) is 22.2 Å². The van der Waals surface area contributed by atoms with E-state index in [4.69, 9.17) is 11.6 Å². The van der Waals surface area contributed by atoms with Gasteiger partial charge in [-0.25, -0.2) is 4.39 Å². The minimum absolute atomic E-state index is 0.0570. The van der Waals surface area contributed by atoms with Crippen LogP contribution < -0.4 is 0 Å². The minimum Gasteiger partial charge on any atom is -0.389 e. The van der Waals surface area contributed by atoms with Gasteiger partial charge in [0.05, 0.1) is 12.0 Å². The van der Waals surface area contributed by atoms with Gasteiger partial charge in [-0.05, 0) is 17.7 Å². The molecule has 4 heteroatoms. The zero-order valence-corrected chi connectivity index (χ0v) is 7.58. The molecule has 0 saturated carbocycles. The molecule has 13 heavy (non-hydrogen) atoms. The van der Waals surface area contributed by atoms with Gasteiger partial charge in [-0.3, -0.25) is 0 Å². The Morgan fingerprint density at radius 2 is 1.77 bits per heavy atom. The molecule has 0 fully saturated rings. The van der Waals surface area contributed by atoms with E-state index in [1.54, 1.807) is 0 Å². The highest BCUT2D eigenvalue weighted by molar-refractivity contribution is 6.18. The lowest BCUT2D eigenvalue weighted by molar-refractivity contribution is 0.0327. The Hall–Kier alpha value is -0.640. The highest BCUT2D eigenvalue weighted by atomic mass is 35.5. The predicted molar refractivity (Wildman–Crippen MR) is 48.1 cm³/mol. The molecule has 2 unspecified atom stereocenters. The Kier molecular flexibility index (Phi) is 3.66. The number of hydrogen-bond donors (Lipinski definition) is 2. The Morgan fingerprint density at radius 1 is 1.23 bits per heavy atom. The van der Waals surface area contributed by atoms with Crippen molar-refractivity contribution in [1.29, 1.82) is 0 Å². The van der Waals surface area contributed by atoms with Gasteiger partial charge in [-0.1, -0.05) is 12.1 Å². The average Bonchev–Trinajstić information content (AvgIpc) is 2.17. The first-order valence-electron chi connectivity index (χ1n) is 3.82. The van der Waals surface area contributed by atoms with Crippen LogP contribution in [0.3, 0.4) is 0 Å². The summed E-state index contributed by atoms with van der Waals surface area (Å²) in [7, 11) is 0. The fourth-order valence-electron chi connectivity index (χ4n) is 0.966. The van der Waals surface area contributed by atoms with Crippen molar-refractivity contribution < 1.29 is 14.6 Å². The summed E-state index contributed by atoms with van der Waals surface area (Å²) in [6.07, 6.45) is -2.08. The van der Waals surface area contributed by atoms with Crippen LogP contribution in [0.4, 0.5) is 4.39 Å². The van der Waals surface area contributed by atoms with Gasteiger partial charge in [-0.2, -0.15) is 0 Å². The quantitative estimate of drug-likeness (QED) is 0.732. The van der Waals surface area contributed by atoms with E-state index in [-0.39, 0.29) is 11.7 Å². The van der Waals surface area contributed by atoms with Crippen LogP contribution in [0.1, 0.15) is 11.7 Å². The lowest BCUT2D eigenvalue weighted by atomic mass is 10.1. The molecule has 0 radical (unpaired) electrons. The van der Waals surface area contributed by atoms with Crippen LogP contribution in [-0.2, 0) is 0 Å². The summed E-state index contributed by atoms with van der Waals surface area (Å²) in [6, 6.07) is 5.27. The molecule has 0 saturated heterocycles. The number of alkyl halides is 1. The van der Waals surface area contributed by atoms with Crippen molar-refractivity contribution in [3.05, 3.63) is 35.6 Å². The van der Waals surface area contributed by atoms with Crippen molar-refractivity contribution in [1.82, 2.24) is 0 Å². The molecule has 1 rings (SSSR count). The molecule has 0 spiro atoms. The highest BCUT2D eigenvalue weighted by Crippen LogP contribution is 2.17. The summed E-state index contributed by atoms with van der Waals surface area (Å²) in [6.45, 7) is 0. The van der Waals surface area contributed by atoms with E-state index in [9.17, 15) is 14.6 Å². The predicted octanol–water partition coefficient (Wildman–Crippen LogP) is 1.46. The standard InChI is InChI=1S/C9H10ClFO2/c10-5-8(12)9(13)6-1-3-7(11)4-2-6/h1-4,8-9,12-13H,5H2. The number of aliphatic hydroxyl groups excluding tert-OH is 2. The van der Waals surface area contributed by atoms with Crippen LogP contribution in [0.15, 0.2) is 24.3 Å². The molecule has 2 N–H and O–H groups in total. The molecule has 0 bridgehead atoms. The van der Waals surface area contributed by atoms with E-state index in [2.05, 4.69) is 0 Å². The maximum atomic E-state index is 12.5. The fraction of sp³-hybridized carbons (Fsp3) is 0.333. The van der Waals surface area contributed by atoms with Crippen molar-refractivity contribution >= 4 is 11.6 Å². The van der Waals surface area contributed by atoms with Crippen molar-refractivity contribution in [3.8, 4) is 0 Å². The molecule has 0 aromatic heterocycles. The van der Waals surface area contributed by atoms with E-state index >= 15 is 0 Å². The average molecular weight is 205 g/mol. The molecule has 0 aliphatic carbocycles. The zero-order chi connectivity index (χ0) is 9.84. The maximum absolute atomic E-state index is 12.5. The number of benzene rings is 1. The van der Waals surface area contributed by atoms with Crippen molar-refractivity contribution in [2.45, 2.75) is 12.2 Å². The molecule has 0 amide bonds. The van der Waals surface area contributed by atoms with Crippen LogP contribution in [0.25, 0.3) is 0 Å². The van der Waals surface area contributed by atoms with Crippen LogP contribution in [0.2, 0.25) is 0 Å². The molecule has 0 heterocycles. The lowest BCUT2D eigenvalue weighted by Crippen LogP contribution is -2.19. The Morgan fingerprint density at radius 3 is 2.23 bits per heavy atom. The largest absolute Gasteiger partial charge is 0.389 e. The summed E-state index contributed by atoms with van der Waals surface area (Å²) in [5.74, 6) is -0.435. The topological polar surface area (TPSA) is 40.5 Å². The van der Waals surface area contributed by atoms with Gasteiger partial charge in [0, 0.05) is 0 Å². The summed E-state index contributed by atoms with van der Waals surface area (Å²) < 4.78 is 12.5. The molecular weight excluding hydrogens is 195 g/mol. The molecule has 1 aromatic carbocycles. The van der Waals surface area contributed by atoms with E-state index in [0.717, 1.165) is 0 Å². The van der Waals surface area contributed by atoms with Crippen LogP contribution >= 0.6 is 11.6 Å². The molecule has 2 atom stereocenters. The van der Waals surface area contributed by atoms with E-state index in [0.29, 0.717) is 5.56 Å². The summed E-state index contributed by atoms with van der Waals surface area (Å²) in [5.41, 5.74) is 0.453. The third-order valence-electron chi connectivity index (χ3n) is 1.73. The number of rotatable bonds is 3. The van der Waals surface area contributed by atoms with E-state index < -0.39 is 12.2 Å². The van der Waals surface area contributed by atoms with Gasteiger partial charge < -0.3 is 10.2 Å². The second-order valence-corrected chi connectivity index (χ2v) is 3.03. The van der Waals surface area contributed by atoms with Gasteiger partial charge in [0.1, 0.15) is 11.9 Å². The molecule has 0 aliphatic rings. The van der Waals surface area contributed by atoms with Gasteiger partial charge in [0.25, 0.3) is 0 Å². The van der Waals surface area contributed by atoms with Crippen LogP contribution in [0.5, 0.6) is 0 Å².